The smallest absolute Gasteiger partial charge is 0.234 e. The molecule has 0 aliphatic rings. The maximum absolute atomic E-state index is 11.6. The van der Waals surface area contributed by atoms with Gasteiger partial charge in [-0.1, -0.05) is 61.8 Å². The SMILES string of the molecule is CC(=O)N(CCS[Si](C(C)C)(C(C)C)C(C)C)S(C)(=O)=O.CCC. The molecule has 7 heteroatoms. The topological polar surface area (TPSA) is 54.5 Å². The molecular weight excluding hydrogens is 358 g/mol. The number of carbonyl (C=O) groups excluding carboxylic acids is 1. The van der Waals surface area contributed by atoms with Crippen molar-refractivity contribution in [2.45, 2.75) is 85.4 Å². The summed E-state index contributed by atoms with van der Waals surface area (Å²) in [4.78, 5) is 11.5. The molecule has 0 radical (unpaired) electrons. The fourth-order valence-corrected chi connectivity index (χ4v) is 14.3. The zero-order valence-electron chi connectivity index (χ0n) is 17.3. The van der Waals surface area contributed by atoms with Gasteiger partial charge in [-0.25, -0.2) is 12.7 Å². The van der Waals surface area contributed by atoms with Gasteiger partial charge in [-0.2, -0.15) is 11.2 Å². The first-order valence-electron chi connectivity index (χ1n) is 8.91. The van der Waals surface area contributed by atoms with Crippen molar-refractivity contribution < 1.29 is 13.2 Å². The van der Waals surface area contributed by atoms with Crippen LogP contribution < -0.4 is 0 Å². The Balaban J connectivity index is 0. The van der Waals surface area contributed by atoms with Gasteiger partial charge in [-0.05, 0) is 16.6 Å². The molecule has 0 saturated carbocycles. The molecule has 0 aromatic heterocycles. The van der Waals surface area contributed by atoms with Crippen LogP contribution in [0.15, 0.2) is 0 Å². The summed E-state index contributed by atoms with van der Waals surface area (Å²) >= 11 is 1.94. The van der Waals surface area contributed by atoms with Crippen LogP contribution in [-0.4, -0.2) is 44.4 Å². The molecule has 0 aliphatic carbocycles. The second-order valence-corrected chi connectivity index (χ2v) is 18.0. The first kappa shape index (κ1) is 26.2. The molecule has 0 aromatic carbocycles. The molecule has 0 saturated heterocycles. The van der Waals surface area contributed by atoms with E-state index in [0.717, 1.165) is 10.6 Å². The van der Waals surface area contributed by atoms with Crippen LogP contribution in [0.1, 0.15) is 68.7 Å². The van der Waals surface area contributed by atoms with Crippen LogP contribution in [0.4, 0.5) is 0 Å². The summed E-state index contributed by atoms with van der Waals surface area (Å²) in [7, 11) is -5.06. The van der Waals surface area contributed by atoms with Gasteiger partial charge in [-0.15, -0.1) is 0 Å². The summed E-state index contributed by atoms with van der Waals surface area (Å²) < 4.78 is 24.3. The average Bonchev–Trinajstić information content (AvgIpc) is 2.36. The van der Waals surface area contributed by atoms with Gasteiger partial charge in [0.2, 0.25) is 15.9 Å². The van der Waals surface area contributed by atoms with Crippen molar-refractivity contribution in [2.24, 2.45) is 0 Å². The Morgan fingerprint density at radius 1 is 1.00 bits per heavy atom. The van der Waals surface area contributed by atoms with Crippen LogP contribution in [0.25, 0.3) is 0 Å². The lowest BCUT2D eigenvalue weighted by Gasteiger charge is -2.42. The Bertz CT molecular complexity index is 441. The predicted octanol–water partition coefficient (Wildman–Crippen LogP) is 5.12. The van der Waals surface area contributed by atoms with Crippen molar-refractivity contribution in [3.63, 3.8) is 0 Å². The third kappa shape index (κ3) is 7.91. The van der Waals surface area contributed by atoms with Crippen molar-refractivity contribution in [2.75, 3.05) is 18.6 Å². The molecule has 0 fully saturated rings. The molecule has 0 rings (SSSR count). The molecule has 0 atom stereocenters. The highest BCUT2D eigenvalue weighted by Gasteiger charge is 2.43. The van der Waals surface area contributed by atoms with Crippen molar-refractivity contribution in [1.82, 2.24) is 4.31 Å². The number of hydrogen-bond acceptors (Lipinski definition) is 4. The van der Waals surface area contributed by atoms with Crippen LogP contribution in [-0.2, 0) is 14.8 Å². The van der Waals surface area contributed by atoms with Crippen LogP contribution in [0.5, 0.6) is 0 Å². The van der Waals surface area contributed by atoms with E-state index in [1.807, 2.05) is 11.2 Å². The van der Waals surface area contributed by atoms with Crippen LogP contribution in [0.2, 0.25) is 16.6 Å². The number of hydrogen-bond donors (Lipinski definition) is 0. The quantitative estimate of drug-likeness (QED) is 0.533. The van der Waals surface area contributed by atoms with E-state index in [-0.39, 0.29) is 6.54 Å². The lowest BCUT2D eigenvalue weighted by Crippen LogP contribution is -2.43. The molecule has 0 bridgehead atoms. The van der Waals surface area contributed by atoms with Gasteiger partial charge in [0.1, 0.15) is 7.22 Å². The van der Waals surface area contributed by atoms with E-state index >= 15 is 0 Å². The molecule has 1 amide bonds. The first-order valence-corrected chi connectivity index (χ1v) is 14.7. The molecule has 0 unspecified atom stereocenters. The Morgan fingerprint density at radius 3 is 1.54 bits per heavy atom. The maximum Gasteiger partial charge on any atom is 0.234 e. The van der Waals surface area contributed by atoms with E-state index in [1.54, 1.807) is 0 Å². The number of carbonyl (C=O) groups is 1. The number of amides is 1. The van der Waals surface area contributed by atoms with Gasteiger partial charge in [0.15, 0.2) is 0 Å². The largest absolute Gasteiger partial charge is 0.274 e. The number of sulfonamides is 1. The summed E-state index contributed by atoms with van der Waals surface area (Å²) in [5, 5.41) is 0. The monoisotopic (exact) mass is 397 g/mol. The zero-order valence-corrected chi connectivity index (χ0v) is 20.0. The van der Waals surface area contributed by atoms with Gasteiger partial charge in [-0.3, -0.25) is 4.79 Å². The molecule has 24 heavy (non-hydrogen) atoms. The normalized spacial score (nSPS) is 12.4. The average molecular weight is 398 g/mol. The molecule has 4 nitrogen and oxygen atoms in total. The number of nitrogens with zero attached hydrogens (tertiary/aromatic N) is 1. The molecule has 0 heterocycles. The summed E-state index contributed by atoms with van der Waals surface area (Å²) in [5.41, 5.74) is 1.85. The van der Waals surface area contributed by atoms with Crippen LogP contribution in [0.3, 0.4) is 0 Å². The van der Waals surface area contributed by atoms with Gasteiger partial charge in [0.05, 0.1) is 6.26 Å². The second-order valence-electron chi connectivity index (χ2n) is 7.23. The van der Waals surface area contributed by atoms with Gasteiger partial charge >= 0.3 is 0 Å². The molecule has 0 aromatic rings. The summed E-state index contributed by atoms with van der Waals surface area (Å²) in [5.74, 6) is 0.289. The van der Waals surface area contributed by atoms with Crippen molar-refractivity contribution >= 4 is 34.4 Å². The highest BCUT2D eigenvalue weighted by atomic mass is 32.4. The highest BCUT2D eigenvalue weighted by molar-refractivity contribution is 8.29. The van der Waals surface area contributed by atoms with E-state index in [2.05, 4.69) is 55.4 Å². The minimum absolute atomic E-state index is 0.278. The van der Waals surface area contributed by atoms with Crippen molar-refractivity contribution in [3.8, 4) is 0 Å². The summed E-state index contributed by atoms with van der Waals surface area (Å²) in [6.07, 6.45) is 2.34. The first-order chi connectivity index (χ1) is 10.8. The second kappa shape index (κ2) is 11.6. The Morgan fingerprint density at radius 2 is 1.33 bits per heavy atom. The standard InChI is InChI=1S/C14H31NO3S2Si.C3H8/c1-11(2)21(12(3)4,13(5)6)19-10-9-15(14(7)16)20(8,17)18;1-3-2/h11-13H,9-10H2,1-8H3;3H2,1-2H3. The third-order valence-electron chi connectivity index (χ3n) is 4.11. The Kier molecular flexibility index (Phi) is 12.6. The third-order valence-corrected chi connectivity index (χ3v) is 18.0. The van der Waals surface area contributed by atoms with Gasteiger partial charge in [0, 0.05) is 19.2 Å². The summed E-state index contributed by atoms with van der Waals surface area (Å²) in [6, 6.07) is 0. The van der Waals surface area contributed by atoms with E-state index < -0.39 is 23.2 Å². The zero-order chi connectivity index (χ0) is 19.7. The minimum Gasteiger partial charge on any atom is -0.274 e. The van der Waals surface area contributed by atoms with Crippen molar-refractivity contribution in [3.05, 3.63) is 0 Å². The fourth-order valence-electron chi connectivity index (χ4n) is 3.36. The van der Waals surface area contributed by atoms with Gasteiger partial charge < -0.3 is 0 Å². The lowest BCUT2D eigenvalue weighted by atomic mass is 10.5. The fraction of sp³-hybridized carbons (Fsp3) is 0.941. The predicted molar refractivity (Wildman–Crippen MR) is 112 cm³/mol. The summed E-state index contributed by atoms with van der Waals surface area (Å²) in [6.45, 7) is 19.5. The highest BCUT2D eigenvalue weighted by Crippen LogP contribution is 2.49. The molecular formula is C17H39NO3S2Si. The lowest BCUT2D eigenvalue weighted by molar-refractivity contribution is -0.124. The van der Waals surface area contributed by atoms with E-state index in [1.165, 1.54) is 13.3 Å². The van der Waals surface area contributed by atoms with E-state index in [9.17, 15) is 13.2 Å². The molecule has 0 aliphatic heterocycles. The van der Waals surface area contributed by atoms with E-state index in [4.69, 9.17) is 0 Å². The molecule has 0 spiro atoms. The molecule has 0 N–H and O–H groups in total. The Hall–Kier alpha value is -0.0131. The van der Waals surface area contributed by atoms with Crippen LogP contribution in [0, 0.1) is 0 Å². The minimum atomic E-state index is -3.46. The van der Waals surface area contributed by atoms with Crippen molar-refractivity contribution in [1.29, 1.82) is 0 Å². The number of rotatable bonds is 8. The van der Waals surface area contributed by atoms with Crippen LogP contribution >= 0.6 is 11.2 Å². The molecule has 146 valence electrons. The van der Waals surface area contributed by atoms with E-state index in [0.29, 0.717) is 22.4 Å². The maximum atomic E-state index is 11.6. The van der Waals surface area contributed by atoms with Gasteiger partial charge in [0.25, 0.3) is 0 Å². The Labute approximate surface area is 155 Å².